The van der Waals surface area contributed by atoms with Gasteiger partial charge >= 0.3 is 0 Å². The number of Topliss-reactive ketones (excluding diaryl/α,β-unsaturated/α-hetero) is 1. The SMILES string of the molecule is COc1cc(Cl)cc2cc(C(=O)C3=C(O)C(=O)N(Cc4ccccn4)C3c3ccc(C)o3)oc12. The number of ether oxygens (including phenoxy) is 1. The van der Waals surface area contributed by atoms with E-state index >= 15 is 0 Å². The molecule has 0 bridgehead atoms. The molecule has 0 aliphatic carbocycles. The van der Waals surface area contributed by atoms with Crippen molar-refractivity contribution in [3.05, 3.63) is 94.1 Å². The van der Waals surface area contributed by atoms with Crippen molar-refractivity contribution >= 4 is 34.3 Å². The number of pyridine rings is 1. The average molecular weight is 479 g/mol. The van der Waals surface area contributed by atoms with Crippen LogP contribution in [0.25, 0.3) is 11.0 Å². The molecule has 172 valence electrons. The van der Waals surface area contributed by atoms with Gasteiger partial charge in [0.15, 0.2) is 22.9 Å². The Hall–Kier alpha value is -4.04. The topological polar surface area (TPSA) is 106 Å². The molecule has 1 aliphatic rings. The first-order chi connectivity index (χ1) is 16.4. The molecule has 0 radical (unpaired) electrons. The Labute approximate surface area is 199 Å². The van der Waals surface area contributed by atoms with E-state index in [0.29, 0.717) is 39.0 Å². The van der Waals surface area contributed by atoms with E-state index in [0.717, 1.165) is 0 Å². The molecule has 34 heavy (non-hydrogen) atoms. The third-order valence-electron chi connectivity index (χ3n) is 5.63. The second-order valence-electron chi connectivity index (χ2n) is 7.83. The molecular formula is C25H19ClN2O6. The zero-order valence-electron chi connectivity index (χ0n) is 18.2. The Balaban J connectivity index is 1.60. The molecule has 8 nitrogen and oxygen atoms in total. The number of aliphatic hydroxyl groups is 1. The maximum atomic E-state index is 13.6. The zero-order chi connectivity index (χ0) is 24.0. The number of hydrogen-bond donors (Lipinski definition) is 1. The summed E-state index contributed by atoms with van der Waals surface area (Å²) in [5.74, 6) is -0.791. The number of methoxy groups -OCH3 is 1. The van der Waals surface area contributed by atoms with Crippen molar-refractivity contribution in [2.75, 3.05) is 7.11 Å². The molecule has 1 aliphatic heterocycles. The molecule has 4 aromatic rings. The Morgan fingerprint density at radius 1 is 1.21 bits per heavy atom. The van der Waals surface area contributed by atoms with Crippen LogP contribution in [0.4, 0.5) is 0 Å². The van der Waals surface area contributed by atoms with Gasteiger partial charge in [0.2, 0.25) is 5.78 Å². The quantitative estimate of drug-likeness (QED) is 0.381. The third kappa shape index (κ3) is 3.62. The van der Waals surface area contributed by atoms with Gasteiger partial charge in [-0.15, -0.1) is 0 Å². The lowest BCUT2D eigenvalue weighted by atomic mass is 9.99. The van der Waals surface area contributed by atoms with Gasteiger partial charge in [-0.1, -0.05) is 17.7 Å². The van der Waals surface area contributed by atoms with Crippen LogP contribution >= 0.6 is 11.6 Å². The Kier molecular flexibility index (Phi) is 5.37. The normalized spacial score (nSPS) is 16.0. The molecule has 5 rings (SSSR count). The van der Waals surface area contributed by atoms with Crippen molar-refractivity contribution in [2.45, 2.75) is 19.5 Å². The van der Waals surface area contributed by atoms with Gasteiger partial charge in [0, 0.05) is 22.7 Å². The monoisotopic (exact) mass is 478 g/mol. The number of rotatable bonds is 6. The van der Waals surface area contributed by atoms with Crippen molar-refractivity contribution in [1.29, 1.82) is 0 Å². The number of aryl methyl sites for hydroxylation is 1. The molecule has 0 saturated heterocycles. The Morgan fingerprint density at radius 2 is 2.03 bits per heavy atom. The van der Waals surface area contributed by atoms with Gasteiger partial charge in [-0.25, -0.2) is 0 Å². The summed E-state index contributed by atoms with van der Waals surface area (Å²) in [4.78, 5) is 32.3. The minimum Gasteiger partial charge on any atom is -0.503 e. The second kappa shape index (κ2) is 8.39. The highest BCUT2D eigenvalue weighted by atomic mass is 35.5. The lowest BCUT2D eigenvalue weighted by Gasteiger charge is -2.24. The zero-order valence-corrected chi connectivity index (χ0v) is 19.0. The number of benzene rings is 1. The fourth-order valence-electron chi connectivity index (χ4n) is 4.09. The van der Waals surface area contributed by atoms with Crippen LogP contribution in [0.1, 0.15) is 33.8 Å². The number of furan rings is 2. The molecule has 4 heterocycles. The summed E-state index contributed by atoms with van der Waals surface area (Å²) >= 11 is 6.14. The highest BCUT2D eigenvalue weighted by Crippen LogP contribution is 2.41. The molecule has 1 N–H and O–H groups in total. The van der Waals surface area contributed by atoms with Crippen LogP contribution in [0, 0.1) is 6.92 Å². The van der Waals surface area contributed by atoms with Crippen molar-refractivity contribution in [3.63, 3.8) is 0 Å². The van der Waals surface area contributed by atoms with Gasteiger partial charge in [0.05, 0.1) is 24.9 Å². The summed E-state index contributed by atoms with van der Waals surface area (Å²) in [7, 11) is 1.46. The maximum absolute atomic E-state index is 13.6. The highest BCUT2D eigenvalue weighted by molar-refractivity contribution is 6.31. The van der Waals surface area contributed by atoms with E-state index in [-0.39, 0.29) is 17.9 Å². The van der Waals surface area contributed by atoms with E-state index in [4.69, 9.17) is 25.2 Å². The van der Waals surface area contributed by atoms with Crippen molar-refractivity contribution in [2.24, 2.45) is 0 Å². The number of carbonyl (C=O) groups is 2. The van der Waals surface area contributed by atoms with Gasteiger partial charge in [-0.3, -0.25) is 14.6 Å². The Morgan fingerprint density at radius 3 is 2.71 bits per heavy atom. The van der Waals surface area contributed by atoms with Crippen LogP contribution in [-0.2, 0) is 11.3 Å². The van der Waals surface area contributed by atoms with E-state index < -0.39 is 23.5 Å². The first-order valence-electron chi connectivity index (χ1n) is 10.4. The van der Waals surface area contributed by atoms with Gasteiger partial charge in [0.25, 0.3) is 5.91 Å². The molecule has 1 amide bonds. The summed E-state index contributed by atoms with van der Waals surface area (Å²) in [6.07, 6.45) is 1.61. The number of aromatic nitrogens is 1. The predicted octanol–water partition coefficient (Wildman–Crippen LogP) is 5.17. The summed E-state index contributed by atoms with van der Waals surface area (Å²) in [6.45, 7) is 1.82. The van der Waals surface area contributed by atoms with Crippen LogP contribution in [0.2, 0.25) is 5.02 Å². The highest BCUT2D eigenvalue weighted by Gasteiger charge is 2.46. The smallest absolute Gasteiger partial charge is 0.290 e. The number of aliphatic hydroxyl groups excluding tert-OH is 1. The number of amides is 1. The predicted molar refractivity (Wildman–Crippen MR) is 123 cm³/mol. The van der Waals surface area contributed by atoms with Crippen LogP contribution in [0.3, 0.4) is 0 Å². The molecule has 3 aromatic heterocycles. The lowest BCUT2D eigenvalue weighted by molar-refractivity contribution is -0.130. The number of halogens is 1. The maximum Gasteiger partial charge on any atom is 0.290 e. The number of fused-ring (bicyclic) bond motifs is 1. The summed E-state index contributed by atoms with van der Waals surface area (Å²) < 4.78 is 16.9. The fraction of sp³-hybridized carbons (Fsp3) is 0.160. The number of nitrogens with zero attached hydrogens (tertiary/aromatic N) is 2. The second-order valence-corrected chi connectivity index (χ2v) is 8.27. The van der Waals surface area contributed by atoms with E-state index in [1.54, 1.807) is 55.6 Å². The third-order valence-corrected chi connectivity index (χ3v) is 5.85. The van der Waals surface area contributed by atoms with Crippen molar-refractivity contribution in [1.82, 2.24) is 9.88 Å². The van der Waals surface area contributed by atoms with E-state index in [2.05, 4.69) is 4.98 Å². The van der Waals surface area contributed by atoms with E-state index in [9.17, 15) is 14.7 Å². The van der Waals surface area contributed by atoms with Crippen LogP contribution < -0.4 is 4.74 Å². The van der Waals surface area contributed by atoms with Gasteiger partial charge in [0.1, 0.15) is 17.6 Å². The van der Waals surface area contributed by atoms with Crippen LogP contribution in [0.5, 0.6) is 5.75 Å². The number of carbonyl (C=O) groups excluding carboxylic acids is 2. The van der Waals surface area contributed by atoms with Gasteiger partial charge in [-0.2, -0.15) is 0 Å². The average Bonchev–Trinajstić information content (AvgIpc) is 3.51. The summed E-state index contributed by atoms with van der Waals surface area (Å²) in [5, 5.41) is 11.8. The largest absolute Gasteiger partial charge is 0.503 e. The number of hydrogen-bond acceptors (Lipinski definition) is 7. The minimum absolute atomic E-state index is 0.0640. The van der Waals surface area contributed by atoms with Gasteiger partial charge < -0.3 is 23.6 Å². The van der Waals surface area contributed by atoms with E-state index in [1.165, 1.54) is 18.1 Å². The van der Waals surface area contributed by atoms with Gasteiger partial charge in [-0.05, 0) is 43.3 Å². The molecule has 9 heteroatoms. The number of ketones is 1. The molecule has 0 saturated carbocycles. The Bertz CT molecular complexity index is 1450. The standard InChI is InChI=1S/C25H19ClN2O6/c1-13-6-7-17(33-13)21-20(23(30)25(31)28(21)12-16-5-3-4-8-27-16)22(29)18-10-14-9-15(26)11-19(32-2)24(14)34-18/h3-11,21,30H,12H2,1-2H3. The lowest BCUT2D eigenvalue weighted by Crippen LogP contribution is -2.30. The summed E-state index contributed by atoms with van der Waals surface area (Å²) in [5.41, 5.74) is 0.781. The van der Waals surface area contributed by atoms with Crippen molar-refractivity contribution in [3.8, 4) is 5.75 Å². The molecule has 1 aromatic carbocycles. The van der Waals surface area contributed by atoms with Crippen molar-refractivity contribution < 1.29 is 28.3 Å². The first-order valence-corrected chi connectivity index (χ1v) is 10.8. The van der Waals surface area contributed by atoms with Crippen LogP contribution in [-0.4, -0.2) is 33.8 Å². The van der Waals surface area contributed by atoms with Crippen LogP contribution in [0.15, 0.2) is 74.9 Å². The molecule has 0 spiro atoms. The molecular weight excluding hydrogens is 460 g/mol. The molecule has 1 unspecified atom stereocenters. The summed E-state index contributed by atoms with van der Waals surface area (Å²) in [6, 6.07) is 12.4. The van der Waals surface area contributed by atoms with E-state index in [1.807, 2.05) is 0 Å². The molecule has 1 atom stereocenters. The minimum atomic E-state index is -0.964. The fourth-order valence-corrected chi connectivity index (χ4v) is 4.31. The molecule has 0 fully saturated rings. The first kappa shape index (κ1) is 21.8.